The van der Waals surface area contributed by atoms with Gasteiger partial charge < -0.3 is 19.5 Å². The number of aliphatic hydroxyl groups is 1. The number of ether oxygens (including phenoxy) is 2. The van der Waals surface area contributed by atoms with E-state index in [1.165, 1.54) is 23.1 Å². The standard InChI is InChI=1S/C26H25F6NO3/c1-18(13-14-19-7-5-12-23(15-19)36-26(30,31)32)33(17-24(34)25(27,28)29)20-8-6-11-22(16-20)35-21-9-3-2-4-10-21/h2-12,15-16,18,24,34H,13-14,17H2,1H3. The van der Waals surface area contributed by atoms with Gasteiger partial charge in [0.25, 0.3) is 0 Å². The summed E-state index contributed by atoms with van der Waals surface area (Å²) in [6, 6.07) is 20.2. The third-order valence-electron chi connectivity index (χ3n) is 5.39. The molecule has 2 unspecified atom stereocenters. The Hall–Kier alpha value is -3.40. The molecule has 3 aromatic rings. The van der Waals surface area contributed by atoms with Gasteiger partial charge in [0.2, 0.25) is 0 Å². The van der Waals surface area contributed by atoms with Crippen LogP contribution in [0.15, 0.2) is 78.9 Å². The molecule has 0 spiro atoms. The second-order valence-electron chi connectivity index (χ2n) is 8.21. The molecule has 2 atom stereocenters. The summed E-state index contributed by atoms with van der Waals surface area (Å²) in [4.78, 5) is 1.41. The van der Waals surface area contributed by atoms with Crippen LogP contribution in [0.25, 0.3) is 0 Å². The van der Waals surface area contributed by atoms with Crippen LogP contribution in [-0.2, 0) is 6.42 Å². The molecule has 0 aliphatic rings. The van der Waals surface area contributed by atoms with Gasteiger partial charge in [-0.05, 0) is 61.7 Å². The lowest BCUT2D eigenvalue weighted by molar-refractivity contribution is -0.274. The second kappa shape index (κ2) is 11.6. The SMILES string of the molecule is CC(CCc1cccc(OC(F)(F)F)c1)N(CC(O)C(F)(F)F)c1cccc(Oc2ccccc2)c1. The van der Waals surface area contributed by atoms with Crippen molar-refractivity contribution in [2.45, 2.75) is 44.4 Å². The van der Waals surface area contributed by atoms with E-state index in [-0.39, 0.29) is 12.2 Å². The van der Waals surface area contributed by atoms with Gasteiger partial charge in [-0.2, -0.15) is 13.2 Å². The molecule has 0 fully saturated rings. The van der Waals surface area contributed by atoms with Gasteiger partial charge in [-0.15, -0.1) is 13.2 Å². The van der Waals surface area contributed by atoms with E-state index in [1.54, 1.807) is 61.5 Å². The zero-order valence-corrected chi connectivity index (χ0v) is 19.3. The molecule has 194 valence electrons. The number of halogens is 6. The molecule has 4 nitrogen and oxygen atoms in total. The lowest BCUT2D eigenvalue weighted by Crippen LogP contribution is -2.45. The Morgan fingerprint density at radius 1 is 0.806 bits per heavy atom. The van der Waals surface area contributed by atoms with Crippen molar-refractivity contribution in [2.24, 2.45) is 0 Å². The predicted molar refractivity (Wildman–Crippen MR) is 123 cm³/mol. The van der Waals surface area contributed by atoms with Crippen molar-refractivity contribution in [1.29, 1.82) is 0 Å². The number of aryl methyl sites for hydroxylation is 1. The molecule has 3 aromatic carbocycles. The van der Waals surface area contributed by atoms with Crippen LogP contribution < -0.4 is 14.4 Å². The van der Waals surface area contributed by atoms with Gasteiger partial charge in [-0.3, -0.25) is 0 Å². The van der Waals surface area contributed by atoms with Crippen LogP contribution >= 0.6 is 0 Å². The Bertz CT molecular complexity index is 1100. The summed E-state index contributed by atoms with van der Waals surface area (Å²) in [6.07, 6.45) is -11.7. The number of hydrogen-bond acceptors (Lipinski definition) is 4. The van der Waals surface area contributed by atoms with Crippen LogP contribution in [0.4, 0.5) is 32.0 Å². The summed E-state index contributed by atoms with van der Waals surface area (Å²) in [5.74, 6) is 0.572. The Morgan fingerprint density at radius 3 is 2.11 bits per heavy atom. The van der Waals surface area contributed by atoms with Crippen LogP contribution in [-0.4, -0.2) is 36.3 Å². The molecule has 1 N–H and O–H groups in total. The first-order chi connectivity index (χ1) is 16.9. The number of hydrogen-bond donors (Lipinski definition) is 1. The molecule has 0 heterocycles. The lowest BCUT2D eigenvalue weighted by Gasteiger charge is -2.34. The molecule has 3 rings (SSSR count). The summed E-state index contributed by atoms with van der Waals surface area (Å²) >= 11 is 0. The minimum Gasteiger partial charge on any atom is -0.457 e. The van der Waals surface area contributed by atoms with E-state index in [0.29, 0.717) is 29.2 Å². The van der Waals surface area contributed by atoms with E-state index in [9.17, 15) is 31.4 Å². The van der Waals surface area contributed by atoms with E-state index in [2.05, 4.69) is 4.74 Å². The zero-order valence-electron chi connectivity index (χ0n) is 19.3. The van der Waals surface area contributed by atoms with Gasteiger partial charge in [-0.25, -0.2) is 0 Å². The molecule has 0 radical (unpaired) electrons. The van der Waals surface area contributed by atoms with Gasteiger partial charge in [0.05, 0.1) is 6.54 Å². The van der Waals surface area contributed by atoms with Crippen molar-refractivity contribution in [3.8, 4) is 17.2 Å². The smallest absolute Gasteiger partial charge is 0.457 e. The van der Waals surface area contributed by atoms with Gasteiger partial charge >= 0.3 is 12.5 Å². The van der Waals surface area contributed by atoms with Crippen LogP contribution in [0.3, 0.4) is 0 Å². The van der Waals surface area contributed by atoms with E-state index < -0.39 is 31.2 Å². The van der Waals surface area contributed by atoms with Crippen molar-refractivity contribution in [2.75, 3.05) is 11.4 Å². The normalized spacial score (nSPS) is 13.7. The molecule has 0 bridgehead atoms. The third kappa shape index (κ3) is 8.37. The number of anilines is 1. The van der Waals surface area contributed by atoms with Crippen LogP contribution in [0.1, 0.15) is 18.9 Å². The van der Waals surface area contributed by atoms with Gasteiger partial charge in [0.1, 0.15) is 17.2 Å². The maximum Gasteiger partial charge on any atom is 0.573 e. The predicted octanol–water partition coefficient (Wildman–Crippen LogP) is 7.13. The minimum absolute atomic E-state index is 0.273. The number of rotatable bonds is 10. The summed E-state index contributed by atoms with van der Waals surface area (Å²) in [5.41, 5.74) is 0.925. The second-order valence-corrected chi connectivity index (χ2v) is 8.21. The fourth-order valence-electron chi connectivity index (χ4n) is 3.61. The third-order valence-corrected chi connectivity index (χ3v) is 5.39. The van der Waals surface area contributed by atoms with Crippen molar-refractivity contribution in [3.63, 3.8) is 0 Å². The number of benzene rings is 3. The Kier molecular flexibility index (Phi) is 8.73. The van der Waals surface area contributed by atoms with Crippen LogP contribution in [0, 0.1) is 0 Å². The largest absolute Gasteiger partial charge is 0.573 e. The van der Waals surface area contributed by atoms with Gasteiger partial charge in [-0.1, -0.05) is 36.4 Å². The van der Waals surface area contributed by atoms with E-state index in [0.717, 1.165) is 0 Å². The molecule has 10 heteroatoms. The Labute approximate surface area is 204 Å². The molecule has 0 aliphatic heterocycles. The highest BCUT2D eigenvalue weighted by atomic mass is 19.4. The molecule has 0 saturated carbocycles. The zero-order chi connectivity index (χ0) is 26.3. The number of para-hydroxylation sites is 1. The summed E-state index contributed by atoms with van der Waals surface area (Å²) < 4.78 is 86.8. The van der Waals surface area contributed by atoms with Gasteiger partial charge in [0, 0.05) is 17.8 Å². The van der Waals surface area contributed by atoms with Crippen LogP contribution in [0.2, 0.25) is 0 Å². The first-order valence-electron chi connectivity index (χ1n) is 11.1. The minimum atomic E-state index is -4.83. The van der Waals surface area contributed by atoms with Crippen molar-refractivity contribution >= 4 is 5.69 Å². The van der Waals surface area contributed by atoms with E-state index in [1.807, 2.05) is 6.07 Å². The summed E-state index contributed by atoms with van der Waals surface area (Å²) in [6.45, 7) is 0.959. The molecule has 36 heavy (non-hydrogen) atoms. The van der Waals surface area contributed by atoms with Crippen LogP contribution in [0.5, 0.6) is 17.2 Å². The van der Waals surface area contributed by atoms with Crippen molar-refractivity contribution in [3.05, 3.63) is 84.4 Å². The maximum absolute atomic E-state index is 13.2. The van der Waals surface area contributed by atoms with Crippen molar-refractivity contribution in [1.82, 2.24) is 0 Å². The van der Waals surface area contributed by atoms with E-state index >= 15 is 0 Å². The van der Waals surface area contributed by atoms with E-state index in [4.69, 9.17) is 4.74 Å². The highest BCUT2D eigenvalue weighted by molar-refractivity contribution is 5.52. The highest BCUT2D eigenvalue weighted by Gasteiger charge is 2.40. The topological polar surface area (TPSA) is 41.9 Å². The summed E-state index contributed by atoms with van der Waals surface area (Å²) in [5, 5.41) is 9.78. The fourth-order valence-corrected chi connectivity index (χ4v) is 3.61. The highest BCUT2D eigenvalue weighted by Crippen LogP contribution is 2.30. The molecule has 0 amide bonds. The first kappa shape index (κ1) is 27.2. The summed E-state index contributed by atoms with van der Waals surface area (Å²) in [7, 11) is 0. The molecular weight excluding hydrogens is 488 g/mol. The van der Waals surface area contributed by atoms with Gasteiger partial charge in [0.15, 0.2) is 6.10 Å². The monoisotopic (exact) mass is 513 g/mol. The number of aliphatic hydroxyl groups excluding tert-OH is 1. The maximum atomic E-state index is 13.2. The average molecular weight is 513 g/mol. The average Bonchev–Trinajstić information content (AvgIpc) is 2.80. The fraction of sp³-hybridized carbons (Fsp3) is 0.308. The first-order valence-corrected chi connectivity index (χ1v) is 11.1. The molecule has 0 aliphatic carbocycles. The number of nitrogens with zero attached hydrogens (tertiary/aromatic N) is 1. The van der Waals surface area contributed by atoms with Crippen molar-refractivity contribution < 1.29 is 40.9 Å². The Morgan fingerprint density at radius 2 is 1.44 bits per heavy atom. The lowest BCUT2D eigenvalue weighted by atomic mass is 10.0. The molecule has 0 saturated heterocycles. The quantitative estimate of drug-likeness (QED) is 0.293. The number of alkyl halides is 6. The molecular formula is C26H25F6NO3. The Balaban J connectivity index is 1.78. The molecule has 0 aromatic heterocycles.